The van der Waals surface area contributed by atoms with Gasteiger partial charge in [0.2, 0.25) is 6.54 Å². The average molecular weight is 169 g/mol. The number of nitro groups is 1. The van der Waals surface area contributed by atoms with Crippen molar-refractivity contribution < 1.29 is 9.34 Å². The predicted octanol–water partition coefficient (Wildman–Crippen LogP) is 2.05. The maximum absolute atomic E-state index is 10.2. The maximum atomic E-state index is 10.2. The number of hydrogen-bond acceptors (Lipinski definition) is 3. The van der Waals surface area contributed by atoms with Gasteiger partial charge in [0.25, 0.3) is 0 Å². The fourth-order valence-corrected chi connectivity index (χ4v) is 1.12. The molecule has 0 aliphatic heterocycles. The second-order valence-electron chi connectivity index (χ2n) is 2.64. The van der Waals surface area contributed by atoms with Crippen LogP contribution in [0.15, 0.2) is 22.8 Å². The zero-order chi connectivity index (χ0) is 8.97. The first-order valence-electron chi connectivity index (χ1n) is 3.89. The Morgan fingerprint density at radius 3 is 2.92 bits per heavy atom. The van der Waals surface area contributed by atoms with Gasteiger partial charge in [0, 0.05) is 4.92 Å². The SMILES string of the molecule is CCC(C[N+](=O)[O-])c1ccco1. The summed E-state index contributed by atoms with van der Waals surface area (Å²) in [6, 6.07) is 3.52. The lowest BCUT2D eigenvalue weighted by molar-refractivity contribution is -0.483. The molecule has 0 aliphatic rings. The van der Waals surface area contributed by atoms with E-state index in [1.807, 2.05) is 6.92 Å². The van der Waals surface area contributed by atoms with Crippen molar-refractivity contribution in [3.63, 3.8) is 0 Å². The van der Waals surface area contributed by atoms with Crippen LogP contribution in [-0.4, -0.2) is 11.5 Å². The number of hydrogen-bond donors (Lipinski definition) is 0. The lowest BCUT2D eigenvalue weighted by atomic mass is 10.0. The van der Waals surface area contributed by atoms with Crippen LogP contribution in [0.2, 0.25) is 0 Å². The first kappa shape index (κ1) is 8.77. The van der Waals surface area contributed by atoms with Crippen molar-refractivity contribution >= 4 is 0 Å². The Morgan fingerprint density at radius 2 is 2.50 bits per heavy atom. The van der Waals surface area contributed by atoms with Crippen molar-refractivity contribution in [3.05, 3.63) is 34.3 Å². The van der Waals surface area contributed by atoms with Gasteiger partial charge in [-0.25, -0.2) is 0 Å². The van der Waals surface area contributed by atoms with E-state index >= 15 is 0 Å². The molecule has 1 unspecified atom stereocenters. The minimum atomic E-state index is -0.309. The van der Waals surface area contributed by atoms with Gasteiger partial charge in [0.15, 0.2) is 0 Å². The highest BCUT2D eigenvalue weighted by atomic mass is 16.6. The second kappa shape index (κ2) is 3.90. The lowest BCUT2D eigenvalue weighted by Gasteiger charge is -2.05. The summed E-state index contributed by atoms with van der Waals surface area (Å²) in [5.74, 6) is 0.615. The van der Waals surface area contributed by atoms with Gasteiger partial charge in [0.1, 0.15) is 5.76 Å². The Bertz CT molecular complexity index is 243. The first-order valence-corrected chi connectivity index (χ1v) is 3.89. The van der Waals surface area contributed by atoms with E-state index in [0.29, 0.717) is 5.76 Å². The third-order valence-corrected chi connectivity index (χ3v) is 1.81. The van der Waals surface area contributed by atoms with Crippen molar-refractivity contribution in [2.75, 3.05) is 6.54 Å². The number of furan rings is 1. The maximum Gasteiger partial charge on any atom is 0.213 e. The largest absolute Gasteiger partial charge is 0.469 e. The van der Waals surface area contributed by atoms with Crippen LogP contribution >= 0.6 is 0 Å². The van der Waals surface area contributed by atoms with E-state index in [1.165, 1.54) is 6.26 Å². The smallest absolute Gasteiger partial charge is 0.213 e. The van der Waals surface area contributed by atoms with E-state index in [4.69, 9.17) is 4.42 Å². The summed E-state index contributed by atoms with van der Waals surface area (Å²) in [4.78, 5) is 9.92. The van der Waals surface area contributed by atoms with Gasteiger partial charge in [-0.2, -0.15) is 0 Å². The fraction of sp³-hybridized carbons (Fsp3) is 0.500. The molecule has 4 nitrogen and oxygen atoms in total. The standard InChI is InChI=1S/C8H11NO3/c1-2-7(6-9(10)11)8-4-3-5-12-8/h3-5,7H,2,6H2,1H3. The Balaban J connectivity index is 2.63. The molecule has 0 saturated carbocycles. The summed E-state index contributed by atoms with van der Waals surface area (Å²) in [6.07, 6.45) is 2.27. The summed E-state index contributed by atoms with van der Waals surface area (Å²) in [5.41, 5.74) is 0. The monoisotopic (exact) mass is 169 g/mol. The number of rotatable bonds is 4. The summed E-state index contributed by atoms with van der Waals surface area (Å²) >= 11 is 0. The van der Waals surface area contributed by atoms with E-state index in [1.54, 1.807) is 12.1 Å². The van der Waals surface area contributed by atoms with Gasteiger partial charge >= 0.3 is 0 Å². The van der Waals surface area contributed by atoms with Crippen molar-refractivity contribution in [3.8, 4) is 0 Å². The molecule has 66 valence electrons. The molecule has 0 fully saturated rings. The zero-order valence-electron chi connectivity index (χ0n) is 6.90. The van der Waals surface area contributed by atoms with Crippen LogP contribution in [0.4, 0.5) is 0 Å². The van der Waals surface area contributed by atoms with Crippen LogP contribution in [-0.2, 0) is 0 Å². The highest BCUT2D eigenvalue weighted by Crippen LogP contribution is 2.19. The normalized spacial score (nSPS) is 12.8. The van der Waals surface area contributed by atoms with E-state index < -0.39 is 0 Å². The molecule has 0 saturated heterocycles. The van der Waals surface area contributed by atoms with Gasteiger partial charge in [-0.15, -0.1) is 0 Å². The van der Waals surface area contributed by atoms with Gasteiger partial charge in [-0.1, -0.05) is 6.92 Å². The minimum Gasteiger partial charge on any atom is -0.469 e. The molecule has 1 aromatic heterocycles. The summed E-state index contributed by atoms with van der Waals surface area (Å²) in [5, 5.41) is 10.2. The highest BCUT2D eigenvalue weighted by Gasteiger charge is 2.17. The molecule has 4 heteroatoms. The minimum absolute atomic E-state index is 0.0516. The van der Waals surface area contributed by atoms with Crippen molar-refractivity contribution in [1.29, 1.82) is 0 Å². The predicted molar refractivity (Wildman–Crippen MR) is 43.6 cm³/mol. The van der Waals surface area contributed by atoms with Crippen LogP contribution in [0.1, 0.15) is 25.0 Å². The lowest BCUT2D eigenvalue weighted by Crippen LogP contribution is -2.10. The van der Waals surface area contributed by atoms with Crippen LogP contribution < -0.4 is 0 Å². The molecular weight excluding hydrogens is 158 g/mol. The molecule has 1 heterocycles. The van der Waals surface area contributed by atoms with E-state index in [-0.39, 0.29) is 17.4 Å². The van der Waals surface area contributed by atoms with Crippen LogP contribution in [0, 0.1) is 10.1 Å². The van der Waals surface area contributed by atoms with Crippen LogP contribution in [0.3, 0.4) is 0 Å². The quantitative estimate of drug-likeness (QED) is 0.512. The van der Waals surface area contributed by atoms with Gasteiger partial charge in [-0.05, 0) is 18.6 Å². The Kier molecular flexibility index (Phi) is 2.85. The van der Waals surface area contributed by atoms with Gasteiger partial charge in [-0.3, -0.25) is 10.1 Å². The summed E-state index contributed by atoms with van der Waals surface area (Å²) < 4.78 is 5.08. The summed E-state index contributed by atoms with van der Waals surface area (Å²) in [7, 11) is 0. The summed E-state index contributed by atoms with van der Waals surface area (Å²) in [6.45, 7) is 1.86. The topological polar surface area (TPSA) is 56.3 Å². The third-order valence-electron chi connectivity index (χ3n) is 1.81. The van der Waals surface area contributed by atoms with E-state index in [2.05, 4.69) is 0 Å². The molecule has 1 aromatic rings. The van der Waals surface area contributed by atoms with Gasteiger partial charge < -0.3 is 4.42 Å². The molecule has 0 N–H and O–H groups in total. The molecule has 1 rings (SSSR count). The number of nitrogens with zero attached hydrogens (tertiary/aromatic N) is 1. The fourth-order valence-electron chi connectivity index (χ4n) is 1.12. The van der Waals surface area contributed by atoms with E-state index in [9.17, 15) is 10.1 Å². The molecule has 12 heavy (non-hydrogen) atoms. The molecule has 0 aliphatic carbocycles. The Morgan fingerprint density at radius 1 is 1.75 bits per heavy atom. The van der Waals surface area contributed by atoms with Gasteiger partial charge in [0.05, 0.1) is 12.2 Å². The molecule has 0 radical (unpaired) electrons. The van der Waals surface area contributed by atoms with Crippen LogP contribution in [0.25, 0.3) is 0 Å². The highest BCUT2D eigenvalue weighted by molar-refractivity contribution is 5.04. The van der Waals surface area contributed by atoms with Crippen LogP contribution in [0.5, 0.6) is 0 Å². The second-order valence-corrected chi connectivity index (χ2v) is 2.64. The Hall–Kier alpha value is -1.32. The first-order chi connectivity index (χ1) is 5.74. The molecule has 0 amide bonds. The molecular formula is C8H11NO3. The molecule has 0 spiro atoms. The Labute approximate surface area is 70.3 Å². The van der Waals surface area contributed by atoms with Crippen molar-refractivity contribution in [2.45, 2.75) is 19.3 Å². The molecule has 0 aromatic carbocycles. The molecule has 1 atom stereocenters. The molecule has 0 bridgehead atoms. The average Bonchev–Trinajstić information content (AvgIpc) is 2.51. The van der Waals surface area contributed by atoms with Crippen molar-refractivity contribution in [2.24, 2.45) is 0 Å². The van der Waals surface area contributed by atoms with E-state index in [0.717, 1.165) is 6.42 Å². The third kappa shape index (κ3) is 2.08. The van der Waals surface area contributed by atoms with Crippen molar-refractivity contribution in [1.82, 2.24) is 0 Å². The zero-order valence-corrected chi connectivity index (χ0v) is 6.90.